The van der Waals surface area contributed by atoms with Gasteiger partial charge in [0.15, 0.2) is 0 Å². The highest BCUT2D eigenvalue weighted by Gasteiger charge is 2.26. The van der Waals surface area contributed by atoms with E-state index in [1.165, 1.54) is 6.07 Å². The van der Waals surface area contributed by atoms with Gasteiger partial charge in [0.25, 0.3) is 0 Å². The van der Waals surface area contributed by atoms with Crippen LogP contribution in [0.2, 0.25) is 0 Å². The maximum Gasteiger partial charge on any atom is 0.222 e. The molecule has 0 spiro atoms. The molecule has 0 aromatic heterocycles. The SMILES string of the molecule is O=C1CCCCN1CC1CCN(CC(O)c2ccccc2F)CC1. The third kappa shape index (κ3) is 4.33. The molecular formula is C19H27FN2O2. The summed E-state index contributed by atoms with van der Waals surface area (Å²) in [6.45, 7) is 4.06. The largest absolute Gasteiger partial charge is 0.387 e. The monoisotopic (exact) mass is 334 g/mol. The van der Waals surface area contributed by atoms with Crippen LogP contribution in [0.1, 0.15) is 43.8 Å². The Labute approximate surface area is 143 Å². The Balaban J connectivity index is 1.45. The predicted octanol–water partition coefficient (Wildman–Crippen LogP) is 2.58. The Morgan fingerprint density at radius 3 is 2.62 bits per heavy atom. The van der Waals surface area contributed by atoms with Crippen molar-refractivity contribution >= 4 is 5.91 Å². The highest BCUT2D eigenvalue weighted by molar-refractivity contribution is 5.76. The van der Waals surface area contributed by atoms with E-state index in [4.69, 9.17) is 0 Å². The van der Waals surface area contributed by atoms with Crippen LogP contribution in [0.3, 0.4) is 0 Å². The summed E-state index contributed by atoms with van der Waals surface area (Å²) >= 11 is 0. The van der Waals surface area contributed by atoms with Crippen molar-refractivity contribution in [3.05, 3.63) is 35.6 Å². The molecular weight excluding hydrogens is 307 g/mol. The lowest BCUT2D eigenvalue weighted by Gasteiger charge is -2.36. The van der Waals surface area contributed by atoms with Gasteiger partial charge in [-0.05, 0) is 50.8 Å². The number of hydrogen-bond donors (Lipinski definition) is 1. The third-order valence-corrected chi connectivity index (χ3v) is 5.30. The summed E-state index contributed by atoms with van der Waals surface area (Å²) in [6.07, 6.45) is 4.14. The lowest BCUT2D eigenvalue weighted by atomic mass is 9.94. The van der Waals surface area contributed by atoms with Crippen LogP contribution in [0, 0.1) is 11.7 Å². The average molecular weight is 334 g/mol. The van der Waals surface area contributed by atoms with Crippen LogP contribution >= 0.6 is 0 Å². The van der Waals surface area contributed by atoms with E-state index in [0.717, 1.165) is 51.9 Å². The topological polar surface area (TPSA) is 43.8 Å². The molecule has 1 amide bonds. The number of carbonyl (C=O) groups excluding carboxylic acids is 1. The van der Waals surface area contributed by atoms with Crippen molar-refractivity contribution in [2.75, 3.05) is 32.7 Å². The summed E-state index contributed by atoms with van der Waals surface area (Å²) in [7, 11) is 0. The van der Waals surface area contributed by atoms with Crippen molar-refractivity contribution in [2.24, 2.45) is 5.92 Å². The Hall–Kier alpha value is -1.46. The van der Waals surface area contributed by atoms with Gasteiger partial charge in [0.1, 0.15) is 5.82 Å². The molecule has 0 saturated carbocycles. The van der Waals surface area contributed by atoms with Crippen LogP contribution in [-0.2, 0) is 4.79 Å². The van der Waals surface area contributed by atoms with E-state index < -0.39 is 6.10 Å². The van der Waals surface area contributed by atoms with Crippen molar-refractivity contribution < 1.29 is 14.3 Å². The number of benzene rings is 1. The number of piperidine rings is 2. The van der Waals surface area contributed by atoms with Crippen LogP contribution in [0.5, 0.6) is 0 Å². The minimum Gasteiger partial charge on any atom is -0.387 e. The first kappa shape index (κ1) is 17.4. The smallest absolute Gasteiger partial charge is 0.222 e. The van der Waals surface area contributed by atoms with Gasteiger partial charge in [0, 0.05) is 31.6 Å². The van der Waals surface area contributed by atoms with E-state index in [0.29, 0.717) is 30.4 Å². The van der Waals surface area contributed by atoms with Gasteiger partial charge in [-0.1, -0.05) is 18.2 Å². The second kappa shape index (κ2) is 8.08. The molecule has 2 aliphatic heterocycles. The fourth-order valence-corrected chi connectivity index (χ4v) is 3.81. The fraction of sp³-hybridized carbons (Fsp3) is 0.632. The molecule has 2 heterocycles. The number of likely N-dealkylation sites (tertiary alicyclic amines) is 2. The Morgan fingerprint density at radius 2 is 1.92 bits per heavy atom. The van der Waals surface area contributed by atoms with Gasteiger partial charge in [0.05, 0.1) is 6.10 Å². The van der Waals surface area contributed by atoms with Crippen molar-refractivity contribution in [3.8, 4) is 0 Å². The molecule has 24 heavy (non-hydrogen) atoms. The molecule has 1 aromatic carbocycles. The number of hydrogen-bond acceptors (Lipinski definition) is 3. The van der Waals surface area contributed by atoms with Crippen molar-refractivity contribution in [3.63, 3.8) is 0 Å². The van der Waals surface area contributed by atoms with Gasteiger partial charge in [0.2, 0.25) is 5.91 Å². The first-order chi connectivity index (χ1) is 11.6. The number of halogens is 1. The minimum absolute atomic E-state index is 0.304. The Morgan fingerprint density at radius 1 is 1.17 bits per heavy atom. The van der Waals surface area contributed by atoms with Crippen LogP contribution in [0.15, 0.2) is 24.3 Å². The first-order valence-corrected chi connectivity index (χ1v) is 9.06. The Kier molecular flexibility index (Phi) is 5.85. The number of rotatable bonds is 5. The van der Waals surface area contributed by atoms with E-state index >= 15 is 0 Å². The number of β-amino-alcohol motifs (C(OH)–C–C–N with tert-alkyl or cyclic N) is 1. The van der Waals surface area contributed by atoms with E-state index in [1.807, 2.05) is 4.90 Å². The van der Waals surface area contributed by atoms with Crippen LogP contribution in [0.4, 0.5) is 4.39 Å². The van der Waals surface area contributed by atoms with Gasteiger partial charge in [-0.2, -0.15) is 0 Å². The first-order valence-electron chi connectivity index (χ1n) is 9.06. The van der Waals surface area contributed by atoms with Gasteiger partial charge in [-0.3, -0.25) is 4.79 Å². The van der Waals surface area contributed by atoms with Crippen molar-refractivity contribution in [1.82, 2.24) is 9.80 Å². The zero-order valence-electron chi connectivity index (χ0n) is 14.2. The molecule has 2 fully saturated rings. The standard InChI is InChI=1S/C19H27FN2O2/c20-17-6-2-1-5-16(17)18(23)14-21-11-8-15(9-12-21)13-22-10-4-3-7-19(22)24/h1-2,5-6,15,18,23H,3-4,7-14H2. The number of nitrogens with zero attached hydrogens (tertiary/aromatic N) is 2. The minimum atomic E-state index is -0.786. The normalized spacial score (nSPS) is 21.9. The summed E-state index contributed by atoms with van der Waals surface area (Å²) in [5.41, 5.74) is 0.374. The van der Waals surface area contributed by atoms with Crippen LogP contribution < -0.4 is 0 Å². The Bertz CT molecular complexity index is 558. The lowest BCUT2D eigenvalue weighted by molar-refractivity contribution is -0.134. The molecule has 2 aliphatic rings. The van der Waals surface area contributed by atoms with Crippen molar-refractivity contribution in [2.45, 2.75) is 38.2 Å². The van der Waals surface area contributed by atoms with Gasteiger partial charge < -0.3 is 14.9 Å². The fourth-order valence-electron chi connectivity index (χ4n) is 3.81. The highest BCUT2D eigenvalue weighted by atomic mass is 19.1. The van der Waals surface area contributed by atoms with E-state index in [9.17, 15) is 14.3 Å². The van der Waals surface area contributed by atoms with E-state index in [2.05, 4.69) is 4.90 Å². The number of amides is 1. The van der Waals surface area contributed by atoms with Gasteiger partial charge in [-0.15, -0.1) is 0 Å². The lowest BCUT2D eigenvalue weighted by Crippen LogP contribution is -2.43. The summed E-state index contributed by atoms with van der Waals surface area (Å²) in [6, 6.07) is 6.43. The molecule has 1 atom stereocenters. The van der Waals surface area contributed by atoms with E-state index in [-0.39, 0.29) is 5.82 Å². The molecule has 4 nitrogen and oxygen atoms in total. The molecule has 132 valence electrons. The molecule has 2 saturated heterocycles. The molecule has 3 rings (SSSR count). The molecule has 1 aromatic rings. The summed E-state index contributed by atoms with van der Waals surface area (Å²) < 4.78 is 13.7. The molecule has 1 unspecified atom stereocenters. The zero-order chi connectivity index (χ0) is 16.9. The van der Waals surface area contributed by atoms with E-state index in [1.54, 1.807) is 18.2 Å². The maximum absolute atomic E-state index is 13.7. The maximum atomic E-state index is 13.7. The zero-order valence-corrected chi connectivity index (χ0v) is 14.2. The second-order valence-electron chi connectivity index (χ2n) is 7.08. The van der Waals surface area contributed by atoms with Gasteiger partial charge in [-0.25, -0.2) is 4.39 Å². The predicted molar refractivity (Wildman–Crippen MR) is 91.0 cm³/mol. The third-order valence-electron chi connectivity index (χ3n) is 5.30. The number of aliphatic hydroxyl groups excluding tert-OH is 1. The summed E-state index contributed by atoms with van der Waals surface area (Å²) in [5, 5.41) is 10.3. The van der Waals surface area contributed by atoms with Crippen molar-refractivity contribution in [1.29, 1.82) is 0 Å². The number of aliphatic hydroxyl groups is 1. The second-order valence-corrected chi connectivity index (χ2v) is 7.08. The van der Waals surface area contributed by atoms with Crippen LogP contribution in [0.25, 0.3) is 0 Å². The average Bonchev–Trinajstić information content (AvgIpc) is 2.59. The summed E-state index contributed by atoms with van der Waals surface area (Å²) in [5.74, 6) is 0.510. The summed E-state index contributed by atoms with van der Waals surface area (Å²) in [4.78, 5) is 16.1. The quantitative estimate of drug-likeness (QED) is 0.900. The number of carbonyl (C=O) groups is 1. The molecule has 0 aliphatic carbocycles. The van der Waals surface area contributed by atoms with Gasteiger partial charge >= 0.3 is 0 Å². The molecule has 0 bridgehead atoms. The van der Waals surface area contributed by atoms with Crippen LogP contribution in [-0.4, -0.2) is 53.5 Å². The molecule has 0 radical (unpaired) electrons. The molecule has 5 heteroatoms. The highest BCUT2D eigenvalue weighted by Crippen LogP contribution is 2.24. The molecule has 1 N–H and O–H groups in total.